The molecule has 0 saturated heterocycles. The van der Waals surface area contributed by atoms with E-state index < -0.39 is 53.5 Å². The number of rotatable bonds is 6. The van der Waals surface area contributed by atoms with Crippen molar-refractivity contribution in [2.75, 3.05) is 6.61 Å². The summed E-state index contributed by atoms with van der Waals surface area (Å²) in [5.74, 6) is 0. The van der Waals surface area contributed by atoms with Crippen molar-refractivity contribution in [2.24, 2.45) is 0 Å². The summed E-state index contributed by atoms with van der Waals surface area (Å²) in [5, 5.41) is -0.202. The SMILES string of the molecule is O=CC(OCC=Cc1cc(C(F)(F)F)cc(C(F)(F)F)c1)c1cc(C(F)(F)F)ccc1Cl. The highest BCUT2D eigenvalue weighted by Gasteiger charge is 2.36. The number of halogens is 10. The minimum atomic E-state index is -5.02. The van der Waals surface area contributed by atoms with Crippen LogP contribution in [0.2, 0.25) is 5.02 Å². The summed E-state index contributed by atoms with van der Waals surface area (Å²) >= 11 is 5.81. The number of alkyl halides is 9. The molecule has 1 unspecified atom stereocenters. The van der Waals surface area contributed by atoms with E-state index in [1.165, 1.54) is 0 Å². The Balaban J connectivity index is 2.22. The molecule has 1 atom stereocenters. The topological polar surface area (TPSA) is 26.3 Å². The lowest BCUT2D eigenvalue weighted by Gasteiger charge is -2.15. The maximum Gasteiger partial charge on any atom is 0.416 e. The zero-order valence-electron chi connectivity index (χ0n) is 15.6. The van der Waals surface area contributed by atoms with Crippen molar-refractivity contribution < 1.29 is 49.0 Å². The Kier molecular flexibility index (Phi) is 7.67. The average Bonchev–Trinajstić information content (AvgIpc) is 2.66. The molecule has 0 aromatic heterocycles. The van der Waals surface area contributed by atoms with Crippen LogP contribution in [0.15, 0.2) is 42.5 Å². The number of ether oxygens (including phenoxy) is 1. The van der Waals surface area contributed by atoms with Crippen molar-refractivity contribution >= 4 is 24.0 Å². The molecular formula is C20H12ClF9O2. The smallest absolute Gasteiger partial charge is 0.362 e. The molecule has 0 N–H and O–H groups in total. The largest absolute Gasteiger partial charge is 0.416 e. The van der Waals surface area contributed by atoms with Gasteiger partial charge in [0, 0.05) is 10.6 Å². The summed E-state index contributed by atoms with van der Waals surface area (Å²) in [6, 6.07) is 3.13. The van der Waals surface area contributed by atoms with E-state index in [0.717, 1.165) is 18.2 Å². The van der Waals surface area contributed by atoms with Gasteiger partial charge < -0.3 is 9.53 Å². The van der Waals surface area contributed by atoms with E-state index in [-0.39, 0.29) is 22.9 Å². The van der Waals surface area contributed by atoms with Gasteiger partial charge in [0.1, 0.15) is 6.10 Å². The van der Waals surface area contributed by atoms with E-state index in [1.807, 2.05) is 0 Å². The van der Waals surface area contributed by atoms with Gasteiger partial charge in [-0.3, -0.25) is 0 Å². The van der Waals surface area contributed by atoms with Gasteiger partial charge in [0.15, 0.2) is 6.29 Å². The fourth-order valence-corrected chi connectivity index (χ4v) is 2.78. The highest BCUT2D eigenvalue weighted by Crippen LogP contribution is 2.37. The Hall–Kier alpha value is -2.53. The Morgan fingerprint density at radius 3 is 1.81 bits per heavy atom. The lowest BCUT2D eigenvalue weighted by molar-refractivity contribution is -0.143. The highest BCUT2D eigenvalue weighted by molar-refractivity contribution is 6.31. The van der Waals surface area contributed by atoms with Gasteiger partial charge in [0.05, 0.1) is 23.3 Å². The van der Waals surface area contributed by atoms with Crippen LogP contribution < -0.4 is 0 Å². The van der Waals surface area contributed by atoms with Gasteiger partial charge in [-0.2, -0.15) is 39.5 Å². The first-order valence-electron chi connectivity index (χ1n) is 8.52. The maximum absolute atomic E-state index is 12.9. The number of benzene rings is 2. The van der Waals surface area contributed by atoms with Crippen LogP contribution in [-0.4, -0.2) is 12.9 Å². The molecule has 0 bridgehead atoms. The van der Waals surface area contributed by atoms with Crippen molar-refractivity contribution in [3.63, 3.8) is 0 Å². The summed E-state index contributed by atoms with van der Waals surface area (Å²) < 4.78 is 121. The Bertz CT molecular complexity index is 960. The van der Waals surface area contributed by atoms with E-state index >= 15 is 0 Å². The zero-order chi connectivity index (χ0) is 24.3. The van der Waals surface area contributed by atoms with E-state index in [4.69, 9.17) is 16.3 Å². The molecule has 12 heteroatoms. The molecule has 32 heavy (non-hydrogen) atoms. The third-order valence-electron chi connectivity index (χ3n) is 4.05. The summed E-state index contributed by atoms with van der Waals surface area (Å²) in [4.78, 5) is 11.3. The summed E-state index contributed by atoms with van der Waals surface area (Å²) in [6.45, 7) is -0.520. The third-order valence-corrected chi connectivity index (χ3v) is 4.39. The second-order valence-electron chi connectivity index (χ2n) is 6.37. The second kappa shape index (κ2) is 9.53. The first kappa shape index (κ1) is 25.7. The monoisotopic (exact) mass is 490 g/mol. The van der Waals surface area contributed by atoms with Crippen molar-refractivity contribution in [2.45, 2.75) is 24.6 Å². The number of carbonyl (C=O) groups is 1. The second-order valence-corrected chi connectivity index (χ2v) is 6.77. The number of hydrogen-bond acceptors (Lipinski definition) is 2. The van der Waals surface area contributed by atoms with Crippen molar-refractivity contribution in [1.82, 2.24) is 0 Å². The molecule has 0 saturated carbocycles. The van der Waals surface area contributed by atoms with Crippen molar-refractivity contribution in [3.05, 3.63) is 75.3 Å². The van der Waals surface area contributed by atoms with Crippen LogP contribution >= 0.6 is 11.6 Å². The molecule has 0 amide bonds. The van der Waals surface area contributed by atoms with Crippen LogP contribution in [0.5, 0.6) is 0 Å². The van der Waals surface area contributed by atoms with E-state index in [2.05, 4.69) is 0 Å². The number of hydrogen-bond donors (Lipinski definition) is 0. The first-order valence-corrected chi connectivity index (χ1v) is 8.90. The highest BCUT2D eigenvalue weighted by atomic mass is 35.5. The molecule has 0 spiro atoms. The van der Waals surface area contributed by atoms with Crippen LogP contribution in [-0.2, 0) is 28.1 Å². The molecule has 174 valence electrons. The molecule has 0 aliphatic rings. The Morgan fingerprint density at radius 1 is 0.812 bits per heavy atom. The predicted molar refractivity (Wildman–Crippen MR) is 96.7 cm³/mol. The van der Waals surface area contributed by atoms with Gasteiger partial charge in [-0.1, -0.05) is 23.8 Å². The predicted octanol–water partition coefficient (Wildman–Crippen LogP) is 7.37. The average molecular weight is 491 g/mol. The molecule has 0 aliphatic carbocycles. The fourth-order valence-electron chi connectivity index (χ4n) is 2.56. The van der Waals surface area contributed by atoms with Crippen LogP contribution in [0.1, 0.15) is 33.9 Å². The van der Waals surface area contributed by atoms with Gasteiger partial charge in [-0.05, 0) is 42.0 Å². The van der Waals surface area contributed by atoms with Gasteiger partial charge in [0.25, 0.3) is 0 Å². The third kappa shape index (κ3) is 6.73. The van der Waals surface area contributed by atoms with Crippen molar-refractivity contribution in [3.8, 4) is 0 Å². The van der Waals surface area contributed by atoms with E-state index in [0.29, 0.717) is 24.3 Å². The summed E-state index contributed by atoms with van der Waals surface area (Å²) in [6.07, 6.45) is -14.3. The summed E-state index contributed by atoms with van der Waals surface area (Å²) in [5.41, 5.74) is -4.88. The van der Waals surface area contributed by atoms with Crippen molar-refractivity contribution in [1.29, 1.82) is 0 Å². The molecule has 2 rings (SSSR count). The maximum atomic E-state index is 12.9. The van der Waals surface area contributed by atoms with Crippen LogP contribution in [0.4, 0.5) is 39.5 Å². The lowest BCUT2D eigenvalue weighted by Crippen LogP contribution is -2.11. The molecule has 2 aromatic rings. The Morgan fingerprint density at radius 2 is 1.34 bits per heavy atom. The molecule has 0 radical (unpaired) electrons. The lowest BCUT2D eigenvalue weighted by atomic mass is 10.0. The van der Waals surface area contributed by atoms with Gasteiger partial charge in [-0.25, -0.2) is 0 Å². The first-order chi connectivity index (χ1) is 14.6. The van der Waals surface area contributed by atoms with Crippen LogP contribution in [0.3, 0.4) is 0 Å². The molecule has 2 aromatic carbocycles. The van der Waals surface area contributed by atoms with Crippen LogP contribution in [0.25, 0.3) is 6.08 Å². The minimum Gasteiger partial charge on any atom is -0.362 e. The van der Waals surface area contributed by atoms with Gasteiger partial charge in [-0.15, -0.1) is 0 Å². The fraction of sp³-hybridized carbons (Fsp3) is 0.250. The number of aldehydes is 1. The quantitative estimate of drug-likeness (QED) is 0.312. The normalized spacial score (nSPS) is 14.1. The molecule has 0 heterocycles. The van der Waals surface area contributed by atoms with Gasteiger partial charge in [0.2, 0.25) is 0 Å². The molecular weight excluding hydrogens is 479 g/mol. The molecule has 0 fully saturated rings. The standard InChI is InChI=1S/C20H12ClF9O2/c21-16-4-3-12(18(22,23)24)9-15(16)17(10-31)32-5-1-2-11-6-13(19(25,26)27)8-14(7-11)20(28,29)30/h1-4,6-10,17H,5H2. The van der Waals surface area contributed by atoms with E-state index in [1.54, 1.807) is 0 Å². The van der Waals surface area contributed by atoms with Gasteiger partial charge >= 0.3 is 18.5 Å². The minimum absolute atomic E-state index is 0.0358. The van der Waals surface area contributed by atoms with E-state index in [9.17, 15) is 44.3 Å². The van der Waals surface area contributed by atoms with Crippen LogP contribution in [0, 0.1) is 0 Å². The number of carbonyl (C=O) groups excluding carboxylic acids is 1. The zero-order valence-corrected chi connectivity index (χ0v) is 16.3. The molecule has 2 nitrogen and oxygen atoms in total. The Labute approximate surface area is 180 Å². The summed E-state index contributed by atoms with van der Waals surface area (Å²) in [7, 11) is 0. The molecule has 0 aliphatic heterocycles.